The summed E-state index contributed by atoms with van der Waals surface area (Å²) in [6.07, 6.45) is 73.5. The molecule has 0 rings (SSSR count). The van der Waals surface area contributed by atoms with Crippen molar-refractivity contribution in [2.75, 3.05) is 19.8 Å². The van der Waals surface area contributed by atoms with Crippen molar-refractivity contribution in [3.8, 4) is 0 Å². The van der Waals surface area contributed by atoms with Crippen LogP contribution >= 0.6 is 0 Å². The number of allylic oxidation sites excluding steroid dienone is 12. The van der Waals surface area contributed by atoms with Crippen molar-refractivity contribution >= 4 is 11.9 Å². The number of unbranched alkanes of at least 4 members (excludes halogenated alkanes) is 29. The molecule has 0 bridgehead atoms. The Kier molecular flexibility index (Phi) is 54.4. The predicted molar refractivity (Wildman–Crippen MR) is 288 cm³/mol. The molecule has 66 heavy (non-hydrogen) atoms. The van der Waals surface area contributed by atoms with Gasteiger partial charge in [0.2, 0.25) is 0 Å². The largest absolute Gasteiger partial charge is 0.462 e. The molecule has 0 fully saturated rings. The zero-order chi connectivity index (χ0) is 47.7. The van der Waals surface area contributed by atoms with E-state index >= 15 is 0 Å². The first kappa shape index (κ1) is 63.3. The van der Waals surface area contributed by atoms with Crippen LogP contribution in [0, 0.1) is 0 Å². The maximum Gasteiger partial charge on any atom is 0.306 e. The number of hydrogen-bond donors (Lipinski definition) is 0. The lowest BCUT2D eigenvalue weighted by atomic mass is 10.1. The minimum absolute atomic E-state index is 0.0679. The van der Waals surface area contributed by atoms with Gasteiger partial charge in [-0.15, -0.1) is 0 Å². The first-order valence-corrected chi connectivity index (χ1v) is 28.5. The first-order chi connectivity index (χ1) is 32.6. The zero-order valence-electron chi connectivity index (χ0n) is 44.0. The number of hydrogen-bond acceptors (Lipinski definition) is 5. The fourth-order valence-electron chi connectivity index (χ4n) is 7.96. The van der Waals surface area contributed by atoms with Crippen molar-refractivity contribution in [1.29, 1.82) is 0 Å². The SMILES string of the molecule is CC/C=C\C/C=C\C/C=C\C/C=C\CCCCCCC(=O)OCC(COCCCCCCCCCCCC/C=C\CCCCCCCC)OC(=O)CCCCCCC/C=C\CCCCCC. The van der Waals surface area contributed by atoms with E-state index in [1.54, 1.807) is 0 Å². The molecule has 0 aromatic rings. The van der Waals surface area contributed by atoms with E-state index in [9.17, 15) is 9.59 Å². The van der Waals surface area contributed by atoms with Gasteiger partial charge in [-0.2, -0.15) is 0 Å². The van der Waals surface area contributed by atoms with Gasteiger partial charge in [-0.1, -0.05) is 229 Å². The zero-order valence-corrected chi connectivity index (χ0v) is 44.0. The molecule has 5 heteroatoms. The first-order valence-electron chi connectivity index (χ1n) is 28.5. The van der Waals surface area contributed by atoms with Crippen LogP contribution in [0.3, 0.4) is 0 Å². The Morgan fingerprint density at radius 1 is 0.348 bits per heavy atom. The Balaban J connectivity index is 4.28. The molecule has 0 heterocycles. The average molecular weight is 922 g/mol. The van der Waals surface area contributed by atoms with Gasteiger partial charge in [-0.05, 0) is 109 Å². The lowest BCUT2D eigenvalue weighted by Crippen LogP contribution is -2.30. The third-order valence-electron chi connectivity index (χ3n) is 12.2. The van der Waals surface area contributed by atoms with E-state index in [4.69, 9.17) is 14.2 Å². The quantitative estimate of drug-likeness (QED) is 0.0346. The second-order valence-electron chi connectivity index (χ2n) is 18.8. The Morgan fingerprint density at radius 2 is 0.682 bits per heavy atom. The second-order valence-corrected chi connectivity index (χ2v) is 18.8. The van der Waals surface area contributed by atoms with Crippen LogP contribution in [-0.2, 0) is 23.8 Å². The Labute approximate surface area is 410 Å². The highest BCUT2D eigenvalue weighted by atomic mass is 16.6. The Morgan fingerprint density at radius 3 is 1.12 bits per heavy atom. The molecule has 0 aromatic heterocycles. The van der Waals surface area contributed by atoms with E-state index in [2.05, 4.69) is 93.7 Å². The molecule has 382 valence electrons. The van der Waals surface area contributed by atoms with Crippen LogP contribution in [-0.4, -0.2) is 37.9 Å². The minimum atomic E-state index is -0.553. The molecule has 0 amide bonds. The molecule has 1 unspecified atom stereocenters. The summed E-state index contributed by atoms with van der Waals surface area (Å²) in [6, 6.07) is 0. The standard InChI is InChI=1S/C61H108O5/c1-4-7-10-13-16-19-22-25-27-29-30-31-33-35-38-41-44-47-50-53-56-64-57-59(66-61(63)55-52-49-46-43-40-36-24-21-18-15-12-9-6-3)58-65-60(62)54-51-48-45-42-39-37-34-32-28-26-23-20-17-14-11-8-5-2/h8,11,17,20-21,24-28,34,37,59H,4-7,9-10,12-16,18-19,22-23,29-33,35-36,38-58H2,1-3H3/b11-8-,20-17-,24-21-,27-25-,28-26-,37-34-. The summed E-state index contributed by atoms with van der Waals surface area (Å²) >= 11 is 0. The van der Waals surface area contributed by atoms with Gasteiger partial charge >= 0.3 is 11.9 Å². The van der Waals surface area contributed by atoms with Gasteiger partial charge in [0.25, 0.3) is 0 Å². The molecule has 0 aliphatic rings. The van der Waals surface area contributed by atoms with Gasteiger partial charge in [0, 0.05) is 19.4 Å². The lowest BCUT2D eigenvalue weighted by molar-refractivity contribution is -0.163. The van der Waals surface area contributed by atoms with E-state index in [0.29, 0.717) is 19.4 Å². The van der Waals surface area contributed by atoms with Crippen LogP contribution in [0.25, 0.3) is 0 Å². The highest BCUT2D eigenvalue weighted by Crippen LogP contribution is 2.15. The van der Waals surface area contributed by atoms with Crippen LogP contribution in [0.4, 0.5) is 0 Å². The molecule has 0 saturated heterocycles. The third-order valence-corrected chi connectivity index (χ3v) is 12.2. The van der Waals surface area contributed by atoms with Crippen molar-refractivity contribution in [3.05, 3.63) is 72.9 Å². The van der Waals surface area contributed by atoms with Gasteiger partial charge < -0.3 is 14.2 Å². The van der Waals surface area contributed by atoms with Crippen LogP contribution in [0.15, 0.2) is 72.9 Å². The van der Waals surface area contributed by atoms with E-state index < -0.39 is 6.10 Å². The van der Waals surface area contributed by atoms with Gasteiger partial charge in [-0.25, -0.2) is 0 Å². The van der Waals surface area contributed by atoms with Crippen molar-refractivity contribution in [2.45, 2.75) is 284 Å². The maximum absolute atomic E-state index is 12.8. The fraction of sp³-hybridized carbons (Fsp3) is 0.770. The van der Waals surface area contributed by atoms with E-state index in [-0.39, 0.29) is 25.2 Å². The van der Waals surface area contributed by atoms with E-state index in [1.165, 1.54) is 148 Å². The number of carbonyl (C=O) groups excluding carboxylic acids is 2. The maximum atomic E-state index is 12.8. The monoisotopic (exact) mass is 921 g/mol. The summed E-state index contributed by atoms with van der Waals surface area (Å²) in [6.45, 7) is 7.69. The normalized spacial score (nSPS) is 12.7. The van der Waals surface area contributed by atoms with Crippen molar-refractivity contribution < 1.29 is 23.8 Å². The summed E-state index contributed by atoms with van der Waals surface area (Å²) in [7, 11) is 0. The van der Waals surface area contributed by atoms with Gasteiger partial charge in [-0.3, -0.25) is 9.59 Å². The molecule has 0 radical (unpaired) electrons. The van der Waals surface area contributed by atoms with Crippen LogP contribution in [0.2, 0.25) is 0 Å². The highest BCUT2D eigenvalue weighted by Gasteiger charge is 2.17. The Hall–Kier alpha value is -2.66. The third kappa shape index (κ3) is 54.0. The summed E-state index contributed by atoms with van der Waals surface area (Å²) in [5.74, 6) is -0.429. The molecule has 0 aliphatic heterocycles. The van der Waals surface area contributed by atoms with Gasteiger partial charge in [0.1, 0.15) is 6.61 Å². The van der Waals surface area contributed by atoms with E-state index in [0.717, 1.165) is 96.3 Å². The van der Waals surface area contributed by atoms with Crippen molar-refractivity contribution in [1.82, 2.24) is 0 Å². The van der Waals surface area contributed by atoms with Gasteiger partial charge in [0.15, 0.2) is 6.10 Å². The molecule has 0 aliphatic carbocycles. The molecular weight excluding hydrogens is 813 g/mol. The average Bonchev–Trinajstić information content (AvgIpc) is 3.32. The summed E-state index contributed by atoms with van der Waals surface area (Å²) in [4.78, 5) is 25.5. The van der Waals surface area contributed by atoms with Crippen LogP contribution < -0.4 is 0 Å². The predicted octanol–water partition coefficient (Wildman–Crippen LogP) is 19.5. The molecule has 1 atom stereocenters. The molecule has 0 aromatic carbocycles. The minimum Gasteiger partial charge on any atom is -0.462 e. The topological polar surface area (TPSA) is 61.8 Å². The van der Waals surface area contributed by atoms with E-state index in [1.807, 2.05) is 0 Å². The van der Waals surface area contributed by atoms with Crippen molar-refractivity contribution in [3.63, 3.8) is 0 Å². The summed E-state index contributed by atoms with van der Waals surface area (Å²) < 4.78 is 17.4. The second kappa shape index (κ2) is 56.7. The van der Waals surface area contributed by atoms with Crippen molar-refractivity contribution in [2.24, 2.45) is 0 Å². The summed E-state index contributed by atoms with van der Waals surface area (Å²) in [5.41, 5.74) is 0. The molecule has 0 saturated carbocycles. The summed E-state index contributed by atoms with van der Waals surface area (Å²) in [5, 5.41) is 0. The number of ether oxygens (including phenoxy) is 3. The van der Waals surface area contributed by atoms with Gasteiger partial charge in [0.05, 0.1) is 6.61 Å². The fourth-order valence-corrected chi connectivity index (χ4v) is 7.96. The van der Waals surface area contributed by atoms with Crippen LogP contribution in [0.5, 0.6) is 0 Å². The smallest absolute Gasteiger partial charge is 0.306 e. The molecule has 0 N–H and O–H groups in total. The highest BCUT2D eigenvalue weighted by molar-refractivity contribution is 5.70. The van der Waals surface area contributed by atoms with Crippen LogP contribution in [0.1, 0.15) is 278 Å². The molecule has 5 nitrogen and oxygen atoms in total. The number of esters is 2. The number of rotatable bonds is 52. The molecule has 0 spiro atoms. The Bertz CT molecular complexity index is 1180. The number of carbonyl (C=O) groups is 2. The molecular formula is C61H108O5. The lowest BCUT2D eigenvalue weighted by Gasteiger charge is -2.18.